The van der Waals surface area contributed by atoms with Crippen molar-refractivity contribution < 1.29 is 4.79 Å². The van der Waals surface area contributed by atoms with Crippen LogP contribution in [0.1, 0.15) is 24.2 Å². The quantitative estimate of drug-likeness (QED) is 0.778. The molecule has 2 aromatic carbocycles. The molecule has 5 heteroatoms. The summed E-state index contributed by atoms with van der Waals surface area (Å²) in [7, 11) is 0. The number of hydrogen-bond acceptors (Lipinski definition) is 3. The van der Waals surface area contributed by atoms with Crippen molar-refractivity contribution in [3.63, 3.8) is 0 Å². The van der Waals surface area contributed by atoms with Crippen molar-refractivity contribution in [3.8, 4) is 0 Å². The van der Waals surface area contributed by atoms with E-state index < -0.39 is 0 Å². The van der Waals surface area contributed by atoms with Gasteiger partial charge < -0.3 is 9.88 Å². The third kappa shape index (κ3) is 3.82. The predicted octanol–water partition coefficient (Wildman–Crippen LogP) is 3.17. The average molecular weight is 359 g/mol. The Hall–Kier alpha value is -3.21. The van der Waals surface area contributed by atoms with E-state index in [9.17, 15) is 9.59 Å². The van der Waals surface area contributed by atoms with Gasteiger partial charge in [0.15, 0.2) is 0 Å². The Morgan fingerprint density at radius 1 is 1.07 bits per heavy atom. The number of H-pyrrole nitrogens is 1. The molecule has 0 bridgehead atoms. The molecule has 27 heavy (non-hydrogen) atoms. The molecule has 0 unspecified atom stereocenters. The van der Waals surface area contributed by atoms with Crippen LogP contribution in [0.5, 0.6) is 0 Å². The highest BCUT2D eigenvalue weighted by atomic mass is 16.2. The largest absolute Gasteiger partial charge is 0.339 e. The molecule has 0 atom stereocenters. The minimum atomic E-state index is -0.156. The van der Waals surface area contributed by atoms with Gasteiger partial charge in [0.05, 0.1) is 10.9 Å². The Kier molecular flexibility index (Phi) is 4.83. The molecule has 1 amide bonds. The Labute approximate surface area is 157 Å². The Balaban J connectivity index is 1.39. The first kappa shape index (κ1) is 17.2. The first-order valence-electron chi connectivity index (χ1n) is 9.21. The highest BCUT2D eigenvalue weighted by molar-refractivity contribution is 5.79. The van der Waals surface area contributed by atoms with Crippen LogP contribution in [0.4, 0.5) is 0 Å². The molecule has 0 saturated heterocycles. The van der Waals surface area contributed by atoms with E-state index in [1.165, 1.54) is 11.1 Å². The fourth-order valence-corrected chi connectivity index (χ4v) is 3.45. The number of fused-ring (bicyclic) bond motifs is 1. The van der Waals surface area contributed by atoms with Crippen LogP contribution in [-0.4, -0.2) is 33.9 Å². The Bertz CT molecular complexity index is 1050. The van der Waals surface area contributed by atoms with E-state index in [-0.39, 0.29) is 11.5 Å². The lowest BCUT2D eigenvalue weighted by Crippen LogP contribution is -2.35. The zero-order chi connectivity index (χ0) is 18.6. The molecule has 136 valence electrons. The van der Waals surface area contributed by atoms with Gasteiger partial charge in [0, 0.05) is 25.9 Å². The summed E-state index contributed by atoms with van der Waals surface area (Å²) < 4.78 is 0. The highest BCUT2D eigenvalue weighted by Crippen LogP contribution is 2.22. The van der Waals surface area contributed by atoms with Crippen molar-refractivity contribution in [2.45, 2.75) is 19.3 Å². The van der Waals surface area contributed by atoms with E-state index in [1.54, 1.807) is 6.07 Å². The predicted molar refractivity (Wildman–Crippen MR) is 106 cm³/mol. The van der Waals surface area contributed by atoms with Crippen LogP contribution in [0.25, 0.3) is 16.5 Å². The minimum absolute atomic E-state index is 0.0918. The summed E-state index contributed by atoms with van der Waals surface area (Å²) in [5, 5.41) is 0.571. The Morgan fingerprint density at radius 3 is 2.63 bits per heavy atom. The van der Waals surface area contributed by atoms with Crippen molar-refractivity contribution in [1.29, 1.82) is 0 Å². The van der Waals surface area contributed by atoms with E-state index in [0.717, 1.165) is 13.0 Å². The fraction of sp³-hybridized carbons (Fsp3) is 0.227. The van der Waals surface area contributed by atoms with Crippen molar-refractivity contribution in [2.24, 2.45) is 0 Å². The molecule has 0 saturated carbocycles. The average Bonchev–Trinajstić information content (AvgIpc) is 2.73. The molecule has 2 heterocycles. The third-order valence-electron chi connectivity index (χ3n) is 4.94. The summed E-state index contributed by atoms with van der Waals surface area (Å²) in [5.74, 6) is 0.652. The van der Waals surface area contributed by atoms with Crippen LogP contribution >= 0.6 is 0 Å². The van der Waals surface area contributed by atoms with E-state index in [2.05, 4.69) is 28.2 Å². The molecule has 1 aliphatic heterocycles. The second kappa shape index (κ2) is 7.58. The van der Waals surface area contributed by atoms with Gasteiger partial charge in [-0.15, -0.1) is 0 Å². The van der Waals surface area contributed by atoms with Gasteiger partial charge >= 0.3 is 0 Å². The molecular weight excluding hydrogens is 338 g/mol. The van der Waals surface area contributed by atoms with Crippen LogP contribution in [0.2, 0.25) is 0 Å². The zero-order valence-corrected chi connectivity index (χ0v) is 15.0. The van der Waals surface area contributed by atoms with Gasteiger partial charge in [-0.1, -0.05) is 48.5 Å². The number of benzene rings is 2. The number of nitrogens with zero attached hydrogens (tertiary/aromatic N) is 2. The number of hydrogen-bond donors (Lipinski definition) is 1. The summed E-state index contributed by atoms with van der Waals surface area (Å²) in [6.45, 7) is 1.35. The van der Waals surface area contributed by atoms with Crippen LogP contribution in [0.3, 0.4) is 0 Å². The van der Waals surface area contributed by atoms with Crippen molar-refractivity contribution in [2.75, 3.05) is 13.1 Å². The summed E-state index contributed by atoms with van der Waals surface area (Å²) in [4.78, 5) is 33.8. The number of aromatic amines is 1. The summed E-state index contributed by atoms with van der Waals surface area (Å²) in [6, 6.07) is 17.5. The number of rotatable bonds is 4. The van der Waals surface area contributed by atoms with Gasteiger partial charge in [0.25, 0.3) is 5.56 Å². The van der Waals surface area contributed by atoms with Crippen LogP contribution in [-0.2, 0) is 11.2 Å². The van der Waals surface area contributed by atoms with E-state index in [1.807, 2.05) is 41.3 Å². The number of amides is 1. The van der Waals surface area contributed by atoms with E-state index in [4.69, 9.17) is 0 Å². The smallest absolute Gasteiger partial charge is 0.258 e. The standard InChI is InChI=1S/C22H21N3O2/c26-21(25-14-12-17(13-15-25)16-6-2-1-3-7-16)11-10-20-23-19-9-5-4-8-18(19)22(27)24-20/h1-9,12H,10-11,13-15H2,(H,23,24,27). The second-order valence-corrected chi connectivity index (χ2v) is 6.71. The number of para-hydroxylation sites is 1. The molecule has 3 aromatic rings. The van der Waals surface area contributed by atoms with Gasteiger partial charge in [-0.25, -0.2) is 4.98 Å². The SMILES string of the molecule is O=C(CCc1nc2ccccc2c(=O)[nH]1)N1CC=C(c2ccccc2)CC1. The molecule has 0 fully saturated rings. The van der Waals surface area contributed by atoms with E-state index in [0.29, 0.717) is 36.1 Å². The maximum atomic E-state index is 12.5. The van der Waals surface area contributed by atoms with Crippen molar-refractivity contribution in [3.05, 3.63) is 82.4 Å². The molecule has 0 spiro atoms. The number of carbonyl (C=O) groups is 1. The number of aryl methyl sites for hydroxylation is 1. The van der Waals surface area contributed by atoms with Gasteiger partial charge in [-0.2, -0.15) is 0 Å². The first-order chi connectivity index (χ1) is 13.2. The number of aromatic nitrogens is 2. The Morgan fingerprint density at radius 2 is 1.85 bits per heavy atom. The topological polar surface area (TPSA) is 66.1 Å². The van der Waals surface area contributed by atoms with E-state index >= 15 is 0 Å². The summed E-state index contributed by atoms with van der Waals surface area (Å²) in [5.41, 5.74) is 3.02. The van der Waals surface area contributed by atoms with Gasteiger partial charge in [-0.05, 0) is 29.7 Å². The minimum Gasteiger partial charge on any atom is -0.339 e. The van der Waals surface area contributed by atoms with Crippen molar-refractivity contribution >= 4 is 22.4 Å². The molecule has 5 nitrogen and oxygen atoms in total. The third-order valence-corrected chi connectivity index (χ3v) is 4.94. The molecule has 1 aliphatic rings. The summed E-state index contributed by atoms with van der Waals surface area (Å²) >= 11 is 0. The summed E-state index contributed by atoms with van der Waals surface area (Å²) in [6.07, 6.45) is 3.77. The molecule has 0 radical (unpaired) electrons. The zero-order valence-electron chi connectivity index (χ0n) is 15.0. The van der Waals surface area contributed by atoms with Crippen LogP contribution < -0.4 is 5.56 Å². The lowest BCUT2D eigenvalue weighted by molar-refractivity contribution is -0.130. The number of nitrogens with one attached hydrogen (secondary N) is 1. The molecule has 1 N–H and O–H groups in total. The molecule has 1 aromatic heterocycles. The highest BCUT2D eigenvalue weighted by Gasteiger charge is 2.18. The first-order valence-corrected chi connectivity index (χ1v) is 9.21. The van der Waals surface area contributed by atoms with Crippen LogP contribution in [0.15, 0.2) is 65.5 Å². The fourth-order valence-electron chi connectivity index (χ4n) is 3.45. The van der Waals surface area contributed by atoms with Crippen molar-refractivity contribution in [1.82, 2.24) is 14.9 Å². The molecular formula is C22H21N3O2. The van der Waals surface area contributed by atoms with Gasteiger partial charge in [-0.3, -0.25) is 9.59 Å². The number of carbonyl (C=O) groups excluding carboxylic acids is 1. The lowest BCUT2D eigenvalue weighted by Gasteiger charge is -2.26. The normalized spacial score (nSPS) is 14.2. The monoisotopic (exact) mass is 359 g/mol. The van der Waals surface area contributed by atoms with Crippen LogP contribution in [0, 0.1) is 0 Å². The molecule has 0 aliphatic carbocycles. The molecule has 4 rings (SSSR count). The second-order valence-electron chi connectivity index (χ2n) is 6.71. The lowest BCUT2D eigenvalue weighted by atomic mass is 9.99. The maximum Gasteiger partial charge on any atom is 0.258 e. The maximum absolute atomic E-state index is 12.5. The van der Waals surface area contributed by atoms with Gasteiger partial charge in [0.2, 0.25) is 5.91 Å². The van der Waals surface area contributed by atoms with Gasteiger partial charge in [0.1, 0.15) is 5.82 Å².